The summed E-state index contributed by atoms with van der Waals surface area (Å²) >= 11 is 1.51. The highest BCUT2D eigenvalue weighted by molar-refractivity contribution is 7.09. The van der Waals surface area contributed by atoms with Crippen LogP contribution in [0.25, 0.3) is 0 Å². The third-order valence-electron chi connectivity index (χ3n) is 1.75. The number of rotatable bonds is 7. The molecule has 0 spiro atoms. The van der Waals surface area contributed by atoms with Gasteiger partial charge in [-0.15, -0.1) is 11.3 Å². The molecule has 16 heavy (non-hydrogen) atoms. The number of alkyl halides is 2. The molecule has 0 bridgehead atoms. The molecule has 1 rings (SSSR count). The van der Waals surface area contributed by atoms with Crippen molar-refractivity contribution in [3.63, 3.8) is 0 Å². The van der Waals surface area contributed by atoms with E-state index in [0.29, 0.717) is 18.3 Å². The summed E-state index contributed by atoms with van der Waals surface area (Å²) in [7, 11) is 0. The van der Waals surface area contributed by atoms with Crippen LogP contribution in [0.2, 0.25) is 0 Å². The second-order valence-corrected chi connectivity index (χ2v) is 4.62. The van der Waals surface area contributed by atoms with Crippen molar-refractivity contribution in [2.45, 2.75) is 39.5 Å². The standard InChI is InChI=1S/C10H16F2N2OS/c1-7(2)13-3-10-14-8(6-16-10)4-15-5-9(11)12/h6-7,9,13H,3-5H2,1-2H3. The zero-order chi connectivity index (χ0) is 12.0. The molecule has 1 N–H and O–H groups in total. The van der Waals surface area contributed by atoms with Gasteiger partial charge in [-0.2, -0.15) is 0 Å². The summed E-state index contributed by atoms with van der Waals surface area (Å²) in [5, 5.41) is 6.02. The van der Waals surface area contributed by atoms with E-state index in [1.54, 1.807) is 0 Å². The summed E-state index contributed by atoms with van der Waals surface area (Å²) in [5.41, 5.74) is 0.714. The molecule has 0 saturated carbocycles. The van der Waals surface area contributed by atoms with Crippen LogP contribution in [-0.4, -0.2) is 24.1 Å². The minimum Gasteiger partial charge on any atom is -0.369 e. The predicted molar refractivity (Wildman–Crippen MR) is 59.7 cm³/mol. The molecule has 0 fully saturated rings. The van der Waals surface area contributed by atoms with Crippen molar-refractivity contribution in [3.05, 3.63) is 16.1 Å². The van der Waals surface area contributed by atoms with Crippen LogP contribution in [0.5, 0.6) is 0 Å². The Morgan fingerprint density at radius 2 is 2.25 bits per heavy atom. The summed E-state index contributed by atoms with van der Waals surface area (Å²) in [4.78, 5) is 4.27. The fraction of sp³-hybridized carbons (Fsp3) is 0.700. The molecule has 3 nitrogen and oxygen atoms in total. The van der Waals surface area contributed by atoms with Crippen LogP contribution in [0, 0.1) is 0 Å². The Hall–Kier alpha value is -0.590. The summed E-state index contributed by atoms with van der Waals surface area (Å²) in [6, 6.07) is 0.405. The molecule has 0 aliphatic heterocycles. The highest BCUT2D eigenvalue weighted by Gasteiger charge is 2.05. The van der Waals surface area contributed by atoms with Gasteiger partial charge in [0.05, 0.1) is 12.3 Å². The van der Waals surface area contributed by atoms with E-state index >= 15 is 0 Å². The van der Waals surface area contributed by atoms with E-state index in [1.807, 2.05) is 5.38 Å². The van der Waals surface area contributed by atoms with Gasteiger partial charge in [0, 0.05) is 18.0 Å². The lowest BCUT2D eigenvalue weighted by Gasteiger charge is -2.04. The van der Waals surface area contributed by atoms with E-state index in [2.05, 4.69) is 24.1 Å². The highest BCUT2D eigenvalue weighted by Crippen LogP contribution is 2.11. The molecule has 0 saturated heterocycles. The Morgan fingerprint density at radius 3 is 2.88 bits per heavy atom. The molecule has 1 aromatic heterocycles. The number of hydrogen-bond acceptors (Lipinski definition) is 4. The van der Waals surface area contributed by atoms with Gasteiger partial charge in [-0.1, -0.05) is 13.8 Å². The Balaban J connectivity index is 2.28. The fourth-order valence-electron chi connectivity index (χ4n) is 1.04. The minimum atomic E-state index is -2.42. The number of thiazole rings is 1. The molecule has 0 radical (unpaired) electrons. The second-order valence-electron chi connectivity index (χ2n) is 3.67. The zero-order valence-corrected chi connectivity index (χ0v) is 10.2. The fourth-order valence-corrected chi connectivity index (χ4v) is 1.77. The molecule has 0 aliphatic carbocycles. The first-order chi connectivity index (χ1) is 7.58. The number of nitrogens with zero attached hydrogens (tertiary/aromatic N) is 1. The molecule has 0 aliphatic rings. The van der Waals surface area contributed by atoms with Gasteiger partial charge in [0.25, 0.3) is 6.43 Å². The molecule has 92 valence electrons. The number of ether oxygens (including phenoxy) is 1. The first-order valence-corrected chi connectivity index (χ1v) is 5.98. The smallest absolute Gasteiger partial charge is 0.261 e. The van der Waals surface area contributed by atoms with E-state index in [1.165, 1.54) is 11.3 Å². The van der Waals surface area contributed by atoms with Crippen molar-refractivity contribution >= 4 is 11.3 Å². The van der Waals surface area contributed by atoms with Crippen molar-refractivity contribution < 1.29 is 13.5 Å². The van der Waals surface area contributed by atoms with E-state index in [9.17, 15) is 8.78 Å². The third-order valence-corrected chi connectivity index (χ3v) is 2.65. The van der Waals surface area contributed by atoms with Crippen molar-refractivity contribution in [1.29, 1.82) is 0 Å². The van der Waals surface area contributed by atoms with Crippen LogP contribution < -0.4 is 5.32 Å². The molecule has 0 atom stereocenters. The molecular formula is C10H16F2N2OS. The van der Waals surface area contributed by atoms with E-state index < -0.39 is 13.0 Å². The lowest BCUT2D eigenvalue weighted by atomic mass is 10.4. The van der Waals surface area contributed by atoms with Gasteiger partial charge >= 0.3 is 0 Å². The van der Waals surface area contributed by atoms with Gasteiger partial charge in [-0.3, -0.25) is 0 Å². The number of nitrogens with one attached hydrogen (secondary N) is 1. The van der Waals surface area contributed by atoms with Crippen LogP contribution in [-0.2, 0) is 17.9 Å². The maximum atomic E-state index is 11.8. The molecule has 0 amide bonds. The summed E-state index contributed by atoms with van der Waals surface area (Å²) in [6.45, 7) is 4.44. The van der Waals surface area contributed by atoms with E-state index in [-0.39, 0.29) is 6.61 Å². The molecule has 1 aromatic rings. The Morgan fingerprint density at radius 1 is 1.50 bits per heavy atom. The van der Waals surface area contributed by atoms with Gasteiger partial charge in [-0.25, -0.2) is 13.8 Å². The maximum Gasteiger partial charge on any atom is 0.261 e. The quantitative estimate of drug-likeness (QED) is 0.807. The lowest BCUT2D eigenvalue weighted by molar-refractivity contribution is 0.00895. The van der Waals surface area contributed by atoms with Gasteiger partial charge in [0.1, 0.15) is 11.6 Å². The Kier molecular flexibility index (Phi) is 5.79. The molecule has 6 heteroatoms. The molecule has 0 unspecified atom stereocenters. The van der Waals surface area contributed by atoms with Crippen molar-refractivity contribution in [2.24, 2.45) is 0 Å². The van der Waals surface area contributed by atoms with Crippen LogP contribution in [0.4, 0.5) is 8.78 Å². The number of halogens is 2. The average Bonchev–Trinajstić information content (AvgIpc) is 2.62. The topological polar surface area (TPSA) is 34.2 Å². The SMILES string of the molecule is CC(C)NCc1nc(COCC(F)F)cs1. The Labute approximate surface area is 97.8 Å². The van der Waals surface area contributed by atoms with E-state index in [0.717, 1.165) is 5.01 Å². The van der Waals surface area contributed by atoms with Gasteiger partial charge in [0.15, 0.2) is 0 Å². The van der Waals surface area contributed by atoms with Gasteiger partial charge in [0.2, 0.25) is 0 Å². The maximum absolute atomic E-state index is 11.8. The summed E-state index contributed by atoms with van der Waals surface area (Å²) in [5.74, 6) is 0. The first kappa shape index (κ1) is 13.5. The van der Waals surface area contributed by atoms with Gasteiger partial charge < -0.3 is 10.1 Å². The second kappa shape index (κ2) is 6.88. The monoisotopic (exact) mass is 250 g/mol. The number of hydrogen-bond donors (Lipinski definition) is 1. The van der Waals surface area contributed by atoms with Crippen LogP contribution in [0.3, 0.4) is 0 Å². The van der Waals surface area contributed by atoms with Crippen molar-refractivity contribution in [2.75, 3.05) is 6.61 Å². The zero-order valence-electron chi connectivity index (χ0n) is 9.37. The van der Waals surface area contributed by atoms with Crippen LogP contribution >= 0.6 is 11.3 Å². The summed E-state index contributed by atoms with van der Waals surface area (Å²) in [6.07, 6.45) is -2.42. The third kappa shape index (κ3) is 5.48. The van der Waals surface area contributed by atoms with Crippen LogP contribution in [0.1, 0.15) is 24.5 Å². The predicted octanol–water partition coefficient (Wildman–Crippen LogP) is 2.42. The van der Waals surface area contributed by atoms with Crippen LogP contribution in [0.15, 0.2) is 5.38 Å². The number of aromatic nitrogens is 1. The van der Waals surface area contributed by atoms with Crippen molar-refractivity contribution in [1.82, 2.24) is 10.3 Å². The average molecular weight is 250 g/mol. The van der Waals surface area contributed by atoms with E-state index in [4.69, 9.17) is 4.74 Å². The first-order valence-electron chi connectivity index (χ1n) is 5.10. The highest BCUT2D eigenvalue weighted by atomic mass is 32.1. The largest absolute Gasteiger partial charge is 0.369 e. The van der Waals surface area contributed by atoms with Gasteiger partial charge in [-0.05, 0) is 0 Å². The molecule has 0 aromatic carbocycles. The minimum absolute atomic E-state index is 0.155. The van der Waals surface area contributed by atoms with Crippen molar-refractivity contribution in [3.8, 4) is 0 Å². The normalized spacial score (nSPS) is 11.6. The lowest BCUT2D eigenvalue weighted by Crippen LogP contribution is -2.21. The Bertz CT molecular complexity index is 305. The molecular weight excluding hydrogens is 234 g/mol. The summed E-state index contributed by atoms with van der Waals surface area (Å²) < 4.78 is 28.4. The molecule has 1 heterocycles.